The van der Waals surface area contributed by atoms with Crippen molar-refractivity contribution in [3.05, 3.63) is 42.7 Å². The van der Waals surface area contributed by atoms with E-state index in [1.54, 1.807) is 6.26 Å². The number of benzene rings is 1. The van der Waals surface area contributed by atoms with Gasteiger partial charge < -0.3 is 9.15 Å². The molecule has 0 amide bonds. The second kappa shape index (κ2) is 5.40. The first kappa shape index (κ1) is 10.8. The highest BCUT2D eigenvalue weighted by Gasteiger charge is 2.07. The zero-order chi connectivity index (χ0) is 11.2. The van der Waals surface area contributed by atoms with Crippen LogP contribution in [0.15, 0.2) is 47.1 Å². The lowest BCUT2D eigenvalue weighted by atomic mass is 10.1. The van der Waals surface area contributed by atoms with Gasteiger partial charge in [-0.25, -0.2) is 0 Å². The van der Waals surface area contributed by atoms with E-state index in [4.69, 9.17) is 9.15 Å². The van der Waals surface area contributed by atoms with Crippen LogP contribution in [0.4, 0.5) is 0 Å². The Hall–Kier alpha value is -1.70. The Balaban J connectivity index is 2.18. The summed E-state index contributed by atoms with van der Waals surface area (Å²) in [5, 5.41) is 0. The lowest BCUT2D eigenvalue weighted by molar-refractivity contribution is 0.310. The molecule has 2 rings (SSSR count). The molecule has 2 aromatic rings. The molecule has 0 radical (unpaired) electrons. The fraction of sp³-hybridized carbons (Fsp3) is 0.286. The van der Waals surface area contributed by atoms with Crippen LogP contribution in [0.5, 0.6) is 5.75 Å². The van der Waals surface area contributed by atoms with Gasteiger partial charge in [0.15, 0.2) is 0 Å². The first-order valence-corrected chi connectivity index (χ1v) is 5.67. The Morgan fingerprint density at radius 3 is 2.75 bits per heavy atom. The summed E-state index contributed by atoms with van der Waals surface area (Å²) in [4.78, 5) is 0. The van der Waals surface area contributed by atoms with Gasteiger partial charge in [0.25, 0.3) is 0 Å². The molecule has 84 valence electrons. The first-order valence-electron chi connectivity index (χ1n) is 5.67. The van der Waals surface area contributed by atoms with Gasteiger partial charge in [0.05, 0.1) is 18.4 Å². The Morgan fingerprint density at radius 2 is 2.00 bits per heavy atom. The maximum Gasteiger partial charge on any atom is 0.137 e. The van der Waals surface area contributed by atoms with Crippen molar-refractivity contribution in [2.24, 2.45) is 0 Å². The number of hydrogen-bond acceptors (Lipinski definition) is 2. The molecular formula is C14H16O2. The van der Waals surface area contributed by atoms with E-state index in [0.717, 1.165) is 36.5 Å². The molecule has 0 aliphatic heterocycles. The van der Waals surface area contributed by atoms with Crippen molar-refractivity contribution < 1.29 is 9.15 Å². The predicted octanol–water partition coefficient (Wildman–Crippen LogP) is 4.13. The highest BCUT2D eigenvalue weighted by atomic mass is 16.5. The van der Waals surface area contributed by atoms with Gasteiger partial charge in [0, 0.05) is 0 Å². The van der Waals surface area contributed by atoms with Gasteiger partial charge in [-0.2, -0.15) is 0 Å². The minimum Gasteiger partial charge on any atom is -0.493 e. The van der Waals surface area contributed by atoms with Gasteiger partial charge in [-0.3, -0.25) is 0 Å². The van der Waals surface area contributed by atoms with Crippen LogP contribution in [0, 0.1) is 0 Å². The maximum atomic E-state index is 5.74. The normalized spacial score (nSPS) is 10.3. The fourth-order valence-electron chi connectivity index (χ4n) is 1.55. The number of para-hydroxylation sites is 1. The number of ether oxygens (including phenoxy) is 1. The topological polar surface area (TPSA) is 22.4 Å². The van der Waals surface area contributed by atoms with E-state index in [1.807, 2.05) is 36.4 Å². The van der Waals surface area contributed by atoms with Crippen molar-refractivity contribution in [3.63, 3.8) is 0 Å². The largest absolute Gasteiger partial charge is 0.493 e. The number of hydrogen-bond donors (Lipinski definition) is 0. The van der Waals surface area contributed by atoms with Gasteiger partial charge >= 0.3 is 0 Å². The summed E-state index contributed by atoms with van der Waals surface area (Å²) < 4.78 is 11.1. The molecule has 0 aliphatic rings. The Kier molecular flexibility index (Phi) is 3.65. The average Bonchev–Trinajstić information content (AvgIpc) is 2.83. The summed E-state index contributed by atoms with van der Waals surface area (Å²) in [6.45, 7) is 2.91. The quantitative estimate of drug-likeness (QED) is 0.701. The zero-order valence-electron chi connectivity index (χ0n) is 9.48. The molecule has 0 unspecified atom stereocenters. The van der Waals surface area contributed by atoms with E-state index in [9.17, 15) is 0 Å². The zero-order valence-corrected chi connectivity index (χ0v) is 9.48. The molecule has 2 nitrogen and oxygen atoms in total. The second-order valence-corrected chi connectivity index (χ2v) is 3.68. The standard InChI is InChI=1S/C14H16O2/c1-2-3-10-15-13-8-5-4-7-12(13)14-9-6-11-16-14/h4-9,11H,2-3,10H2,1H3. The molecule has 0 saturated heterocycles. The van der Waals surface area contributed by atoms with Crippen LogP contribution >= 0.6 is 0 Å². The van der Waals surface area contributed by atoms with Gasteiger partial charge in [-0.15, -0.1) is 0 Å². The van der Waals surface area contributed by atoms with Gasteiger partial charge in [0.1, 0.15) is 11.5 Å². The molecule has 0 spiro atoms. The number of unbranched alkanes of at least 4 members (excludes halogenated alkanes) is 1. The molecule has 0 atom stereocenters. The Labute approximate surface area is 95.9 Å². The van der Waals surface area contributed by atoms with E-state index in [2.05, 4.69) is 6.92 Å². The van der Waals surface area contributed by atoms with Crippen molar-refractivity contribution in [1.29, 1.82) is 0 Å². The minimum atomic E-state index is 0.758. The summed E-state index contributed by atoms with van der Waals surface area (Å²) in [5.74, 6) is 1.75. The van der Waals surface area contributed by atoms with Crippen molar-refractivity contribution in [3.8, 4) is 17.1 Å². The van der Waals surface area contributed by atoms with Gasteiger partial charge in [-0.1, -0.05) is 25.5 Å². The van der Waals surface area contributed by atoms with Crippen molar-refractivity contribution in [2.45, 2.75) is 19.8 Å². The van der Waals surface area contributed by atoms with E-state index in [0.29, 0.717) is 0 Å². The number of furan rings is 1. The van der Waals surface area contributed by atoms with Crippen LogP contribution in [0.25, 0.3) is 11.3 Å². The molecule has 1 aromatic heterocycles. The summed E-state index contributed by atoms with van der Waals surface area (Å²) in [7, 11) is 0. The van der Waals surface area contributed by atoms with E-state index < -0.39 is 0 Å². The van der Waals surface area contributed by atoms with Crippen LogP contribution in [0.3, 0.4) is 0 Å². The Morgan fingerprint density at radius 1 is 1.12 bits per heavy atom. The first-order chi connectivity index (χ1) is 7.92. The third-order valence-electron chi connectivity index (χ3n) is 2.43. The molecule has 0 N–H and O–H groups in total. The van der Waals surface area contributed by atoms with Crippen molar-refractivity contribution in [2.75, 3.05) is 6.61 Å². The highest BCUT2D eigenvalue weighted by Crippen LogP contribution is 2.29. The predicted molar refractivity (Wildman–Crippen MR) is 64.5 cm³/mol. The third-order valence-corrected chi connectivity index (χ3v) is 2.43. The highest BCUT2D eigenvalue weighted by molar-refractivity contribution is 5.65. The van der Waals surface area contributed by atoms with Crippen LogP contribution in [0.2, 0.25) is 0 Å². The lowest BCUT2D eigenvalue weighted by Gasteiger charge is -2.09. The molecule has 0 bridgehead atoms. The summed E-state index contributed by atoms with van der Waals surface area (Å²) >= 11 is 0. The number of rotatable bonds is 5. The maximum absolute atomic E-state index is 5.74. The van der Waals surface area contributed by atoms with Crippen LogP contribution in [-0.4, -0.2) is 6.61 Å². The molecule has 0 fully saturated rings. The summed E-state index contributed by atoms with van der Waals surface area (Å²) in [5.41, 5.74) is 1.02. The summed E-state index contributed by atoms with van der Waals surface area (Å²) in [6, 6.07) is 11.8. The van der Waals surface area contributed by atoms with E-state index >= 15 is 0 Å². The van der Waals surface area contributed by atoms with Crippen molar-refractivity contribution in [1.82, 2.24) is 0 Å². The molecule has 0 aliphatic carbocycles. The third kappa shape index (κ3) is 2.45. The molecule has 1 aromatic carbocycles. The summed E-state index contributed by atoms with van der Waals surface area (Å²) in [6.07, 6.45) is 3.90. The average molecular weight is 216 g/mol. The molecule has 0 saturated carbocycles. The molecular weight excluding hydrogens is 200 g/mol. The Bertz CT molecular complexity index is 418. The van der Waals surface area contributed by atoms with Crippen molar-refractivity contribution >= 4 is 0 Å². The SMILES string of the molecule is CCCCOc1ccccc1-c1ccco1. The lowest BCUT2D eigenvalue weighted by Crippen LogP contribution is -1.97. The minimum absolute atomic E-state index is 0.758. The molecule has 1 heterocycles. The van der Waals surface area contributed by atoms with Gasteiger partial charge in [-0.05, 0) is 30.7 Å². The van der Waals surface area contributed by atoms with Crippen LogP contribution < -0.4 is 4.74 Å². The van der Waals surface area contributed by atoms with Crippen LogP contribution in [0.1, 0.15) is 19.8 Å². The van der Waals surface area contributed by atoms with Gasteiger partial charge in [0.2, 0.25) is 0 Å². The van der Waals surface area contributed by atoms with E-state index in [1.165, 1.54) is 0 Å². The van der Waals surface area contributed by atoms with Crippen LogP contribution in [-0.2, 0) is 0 Å². The monoisotopic (exact) mass is 216 g/mol. The molecule has 2 heteroatoms. The smallest absolute Gasteiger partial charge is 0.137 e. The second-order valence-electron chi connectivity index (χ2n) is 3.68. The van der Waals surface area contributed by atoms with E-state index in [-0.39, 0.29) is 0 Å². The fourth-order valence-corrected chi connectivity index (χ4v) is 1.55. The molecule has 16 heavy (non-hydrogen) atoms.